The van der Waals surface area contributed by atoms with Gasteiger partial charge in [0.2, 0.25) is 21.8 Å². The molecule has 0 aliphatic carbocycles. The smallest absolute Gasteiger partial charge is 0.242 e. The van der Waals surface area contributed by atoms with Crippen LogP contribution in [0.1, 0.15) is 44.7 Å². The van der Waals surface area contributed by atoms with Crippen LogP contribution in [0.3, 0.4) is 0 Å². The van der Waals surface area contributed by atoms with E-state index in [1.54, 1.807) is 17.9 Å². The number of anilines is 1. The zero-order valence-electron chi connectivity index (χ0n) is 20.1. The lowest BCUT2D eigenvalue weighted by molar-refractivity contribution is -0.140. The predicted molar refractivity (Wildman–Crippen MR) is 132 cm³/mol. The molecule has 0 saturated heterocycles. The number of aryl methyl sites for hydroxylation is 1. The van der Waals surface area contributed by atoms with Crippen molar-refractivity contribution in [3.05, 3.63) is 65.7 Å². The van der Waals surface area contributed by atoms with E-state index in [1.807, 2.05) is 69.3 Å². The first-order chi connectivity index (χ1) is 15.5. The van der Waals surface area contributed by atoms with Crippen molar-refractivity contribution in [3.63, 3.8) is 0 Å². The Labute approximate surface area is 197 Å². The zero-order chi connectivity index (χ0) is 24.6. The molecule has 0 fully saturated rings. The first-order valence-corrected chi connectivity index (χ1v) is 13.0. The zero-order valence-corrected chi connectivity index (χ0v) is 20.9. The predicted octanol–water partition coefficient (Wildman–Crippen LogP) is 3.48. The fourth-order valence-corrected chi connectivity index (χ4v) is 4.51. The van der Waals surface area contributed by atoms with Gasteiger partial charge in [0.25, 0.3) is 0 Å². The number of rotatable bonds is 11. The number of sulfonamides is 1. The fourth-order valence-electron chi connectivity index (χ4n) is 3.55. The van der Waals surface area contributed by atoms with E-state index in [0.717, 1.165) is 17.4 Å². The Morgan fingerprint density at radius 1 is 1.00 bits per heavy atom. The molecule has 7 nitrogen and oxygen atoms in total. The molecule has 2 rings (SSSR count). The summed E-state index contributed by atoms with van der Waals surface area (Å²) in [6, 6.07) is 16.1. The Balaban J connectivity index is 2.14. The Kier molecular flexibility index (Phi) is 9.46. The lowest BCUT2D eigenvalue weighted by Gasteiger charge is -2.30. The van der Waals surface area contributed by atoms with Gasteiger partial charge in [-0.3, -0.25) is 13.9 Å². The number of benzene rings is 2. The molecule has 0 unspecified atom stereocenters. The molecule has 2 amide bonds. The molecule has 2 aromatic carbocycles. The highest BCUT2D eigenvalue weighted by Gasteiger charge is 2.27. The van der Waals surface area contributed by atoms with Crippen LogP contribution < -0.4 is 9.62 Å². The third-order valence-corrected chi connectivity index (χ3v) is 6.43. The van der Waals surface area contributed by atoms with Gasteiger partial charge in [-0.25, -0.2) is 8.42 Å². The van der Waals surface area contributed by atoms with E-state index in [4.69, 9.17) is 0 Å². The van der Waals surface area contributed by atoms with Crippen LogP contribution in [0.4, 0.5) is 5.69 Å². The van der Waals surface area contributed by atoms with Gasteiger partial charge >= 0.3 is 0 Å². The quantitative estimate of drug-likeness (QED) is 0.541. The lowest BCUT2D eigenvalue weighted by atomic mass is 10.1. The van der Waals surface area contributed by atoms with Gasteiger partial charge in [0, 0.05) is 25.6 Å². The molecule has 0 radical (unpaired) electrons. The molecule has 1 atom stereocenters. The summed E-state index contributed by atoms with van der Waals surface area (Å²) in [5.41, 5.74) is 2.46. The molecular formula is C25H35N3O4S. The summed E-state index contributed by atoms with van der Waals surface area (Å²) in [4.78, 5) is 27.4. The lowest BCUT2D eigenvalue weighted by Crippen LogP contribution is -2.49. The van der Waals surface area contributed by atoms with E-state index in [2.05, 4.69) is 5.32 Å². The van der Waals surface area contributed by atoms with Crippen molar-refractivity contribution in [3.8, 4) is 0 Å². The van der Waals surface area contributed by atoms with Crippen molar-refractivity contribution < 1.29 is 18.0 Å². The van der Waals surface area contributed by atoms with Gasteiger partial charge in [-0.2, -0.15) is 0 Å². The van der Waals surface area contributed by atoms with E-state index < -0.39 is 16.1 Å². The molecule has 0 saturated carbocycles. The van der Waals surface area contributed by atoms with E-state index >= 15 is 0 Å². The van der Waals surface area contributed by atoms with Crippen LogP contribution in [0.25, 0.3) is 0 Å². The molecule has 2 aromatic rings. The molecule has 1 N–H and O–H groups in total. The maximum Gasteiger partial charge on any atom is 0.242 e. The van der Waals surface area contributed by atoms with Gasteiger partial charge in [-0.05, 0) is 57.4 Å². The van der Waals surface area contributed by atoms with Gasteiger partial charge in [0.15, 0.2) is 0 Å². The van der Waals surface area contributed by atoms with Crippen molar-refractivity contribution in [1.82, 2.24) is 10.2 Å². The highest BCUT2D eigenvalue weighted by molar-refractivity contribution is 7.92. The average Bonchev–Trinajstić information content (AvgIpc) is 2.73. The van der Waals surface area contributed by atoms with Crippen molar-refractivity contribution >= 4 is 27.5 Å². The van der Waals surface area contributed by atoms with Gasteiger partial charge in [0.05, 0.1) is 11.9 Å². The minimum Gasteiger partial charge on any atom is -0.352 e. The van der Waals surface area contributed by atoms with Gasteiger partial charge in [-0.1, -0.05) is 42.5 Å². The summed E-state index contributed by atoms with van der Waals surface area (Å²) in [5, 5.41) is 2.86. The standard InChI is InChI=1S/C25H35N3O4S/c1-19(2)26-25(30)21(4)27(18-22-12-7-6-8-13-22)24(29)15-10-16-28(33(5,31)32)23-14-9-11-20(3)17-23/h6-9,11-14,17,19,21H,10,15-16,18H2,1-5H3,(H,26,30)/t21-/m0/s1. The minimum absolute atomic E-state index is 0.0359. The Morgan fingerprint density at radius 2 is 1.67 bits per heavy atom. The minimum atomic E-state index is -3.50. The number of amides is 2. The van der Waals surface area contributed by atoms with E-state index in [0.29, 0.717) is 18.7 Å². The second-order valence-corrected chi connectivity index (χ2v) is 10.5. The summed E-state index contributed by atoms with van der Waals surface area (Å²) in [5.74, 6) is -0.408. The van der Waals surface area contributed by atoms with Crippen LogP contribution in [0.2, 0.25) is 0 Å². The number of nitrogens with one attached hydrogen (secondary N) is 1. The molecule has 0 aromatic heterocycles. The molecule has 33 heavy (non-hydrogen) atoms. The van der Waals surface area contributed by atoms with Crippen LogP contribution in [-0.4, -0.2) is 50.0 Å². The van der Waals surface area contributed by atoms with E-state index in [9.17, 15) is 18.0 Å². The third kappa shape index (κ3) is 8.20. The second kappa shape index (κ2) is 11.8. The number of carbonyl (C=O) groups excluding carboxylic acids is 2. The maximum absolute atomic E-state index is 13.2. The number of hydrogen-bond acceptors (Lipinski definition) is 4. The van der Waals surface area contributed by atoms with Gasteiger partial charge in [0.1, 0.15) is 6.04 Å². The van der Waals surface area contributed by atoms with Crippen LogP contribution in [0.15, 0.2) is 54.6 Å². The molecule has 0 bridgehead atoms. The summed E-state index contributed by atoms with van der Waals surface area (Å²) < 4.78 is 26.1. The molecule has 0 aliphatic heterocycles. The number of nitrogens with zero attached hydrogens (tertiary/aromatic N) is 2. The SMILES string of the molecule is Cc1cccc(N(CCCC(=O)N(Cc2ccccc2)[C@@H](C)C(=O)NC(C)C)S(C)(=O)=O)c1. The molecule has 8 heteroatoms. The Hall–Kier alpha value is -2.87. The van der Waals surface area contributed by atoms with Gasteiger partial charge in [-0.15, -0.1) is 0 Å². The average molecular weight is 474 g/mol. The maximum atomic E-state index is 13.2. The molecule has 180 valence electrons. The Bertz CT molecular complexity index is 1040. The summed E-state index contributed by atoms with van der Waals surface area (Å²) in [6.45, 7) is 7.85. The third-order valence-electron chi connectivity index (χ3n) is 5.24. The normalized spacial score (nSPS) is 12.3. The molecule has 0 heterocycles. The monoisotopic (exact) mass is 473 g/mol. The van der Waals surface area contributed by atoms with E-state index in [1.165, 1.54) is 4.31 Å². The highest BCUT2D eigenvalue weighted by atomic mass is 32.2. The van der Waals surface area contributed by atoms with Crippen LogP contribution in [0, 0.1) is 6.92 Å². The number of hydrogen-bond donors (Lipinski definition) is 1. The Morgan fingerprint density at radius 3 is 2.24 bits per heavy atom. The first kappa shape index (κ1) is 26.4. The molecule has 0 spiro atoms. The topological polar surface area (TPSA) is 86.8 Å². The molecular weight excluding hydrogens is 438 g/mol. The summed E-state index contributed by atoms with van der Waals surface area (Å²) >= 11 is 0. The second-order valence-electron chi connectivity index (χ2n) is 8.62. The van der Waals surface area contributed by atoms with Gasteiger partial charge < -0.3 is 10.2 Å². The largest absolute Gasteiger partial charge is 0.352 e. The summed E-state index contributed by atoms with van der Waals surface area (Å²) in [7, 11) is -3.50. The van der Waals surface area contributed by atoms with Crippen LogP contribution >= 0.6 is 0 Å². The first-order valence-electron chi connectivity index (χ1n) is 11.2. The van der Waals surface area contributed by atoms with Crippen molar-refractivity contribution in [1.29, 1.82) is 0 Å². The van der Waals surface area contributed by atoms with Crippen molar-refractivity contribution in [2.45, 2.75) is 59.2 Å². The van der Waals surface area contributed by atoms with E-state index in [-0.39, 0.29) is 30.8 Å². The highest BCUT2D eigenvalue weighted by Crippen LogP contribution is 2.20. The number of carbonyl (C=O) groups is 2. The van der Waals surface area contributed by atoms with Crippen LogP contribution in [-0.2, 0) is 26.2 Å². The molecule has 0 aliphatic rings. The summed E-state index contributed by atoms with van der Waals surface area (Å²) in [6.07, 6.45) is 1.63. The van der Waals surface area contributed by atoms with Crippen molar-refractivity contribution in [2.24, 2.45) is 0 Å². The van der Waals surface area contributed by atoms with Crippen LogP contribution in [0.5, 0.6) is 0 Å². The fraction of sp³-hybridized carbons (Fsp3) is 0.440. The van der Waals surface area contributed by atoms with Crippen molar-refractivity contribution in [2.75, 3.05) is 17.1 Å².